The summed E-state index contributed by atoms with van der Waals surface area (Å²) >= 11 is 7.52. The fraction of sp³-hybridized carbons (Fsp3) is 0.385. The summed E-state index contributed by atoms with van der Waals surface area (Å²) in [4.78, 5) is 16.8. The van der Waals surface area contributed by atoms with Gasteiger partial charge in [-0.1, -0.05) is 11.6 Å². The summed E-state index contributed by atoms with van der Waals surface area (Å²) in [5.41, 5.74) is 0.611. The number of halogens is 1. The van der Waals surface area contributed by atoms with Gasteiger partial charge in [-0.15, -0.1) is 11.3 Å². The molecule has 2 aromatic rings. The number of rotatable bonds is 5. The second kappa shape index (κ2) is 5.20. The predicted molar refractivity (Wildman–Crippen MR) is 78.9 cm³/mol. The maximum atomic E-state index is 11.8. The summed E-state index contributed by atoms with van der Waals surface area (Å²) in [5, 5.41) is 14.3. The lowest BCUT2D eigenvalue weighted by Crippen LogP contribution is -2.30. The van der Waals surface area contributed by atoms with E-state index in [1.54, 1.807) is 6.08 Å². The summed E-state index contributed by atoms with van der Waals surface area (Å²) in [6, 6.07) is 0. The molecule has 1 saturated carbocycles. The molecule has 1 fully saturated rings. The Bertz CT molecular complexity index is 672. The molecule has 1 amide bonds. The number of imidazole rings is 1. The third-order valence-electron chi connectivity index (χ3n) is 3.58. The molecule has 0 aliphatic heterocycles. The lowest BCUT2D eigenvalue weighted by Gasteiger charge is -2.10. The molecule has 1 aliphatic carbocycles. The van der Waals surface area contributed by atoms with Gasteiger partial charge in [-0.2, -0.15) is 0 Å². The number of thiazole rings is 1. The van der Waals surface area contributed by atoms with Gasteiger partial charge in [-0.3, -0.25) is 9.20 Å². The molecule has 0 unspecified atom stereocenters. The van der Waals surface area contributed by atoms with Crippen molar-refractivity contribution >= 4 is 39.9 Å². The lowest BCUT2D eigenvalue weighted by atomic mass is 10.1. The average molecular weight is 312 g/mol. The maximum Gasteiger partial charge on any atom is 0.244 e. The Morgan fingerprint density at radius 2 is 2.45 bits per heavy atom. The number of hydrogen-bond acceptors (Lipinski definition) is 4. The molecule has 0 atom stereocenters. The van der Waals surface area contributed by atoms with Crippen molar-refractivity contribution in [2.24, 2.45) is 5.41 Å². The van der Waals surface area contributed by atoms with Crippen molar-refractivity contribution in [2.45, 2.75) is 12.8 Å². The van der Waals surface area contributed by atoms with Crippen molar-refractivity contribution < 1.29 is 9.90 Å². The monoisotopic (exact) mass is 311 g/mol. The van der Waals surface area contributed by atoms with Crippen LogP contribution in [0, 0.1) is 5.41 Å². The zero-order chi connectivity index (χ0) is 14.2. The van der Waals surface area contributed by atoms with Gasteiger partial charge in [0, 0.05) is 29.6 Å². The minimum Gasteiger partial charge on any atom is -0.396 e. The maximum absolute atomic E-state index is 11.8. The van der Waals surface area contributed by atoms with Gasteiger partial charge in [0.1, 0.15) is 0 Å². The fourth-order valence-corrected chi connectivity index (χ4v) is 2.99. The molecule has 106 valence electrons. The first kappa shape index (κ1) is 13.6. The lowest BCUT2D eigenvalue weighted by molar-refractivity contribution is -0.116. The first-order chi connectivity index (χ1) is 9.63. The largest absolute Gasteiger partial charge is 0.396 e. The minimum atomic E-state index is -0.189. The van der Waals surface area contributed by atoms with E-state index in [0.29, 0.717) is 17.4 Å². The molecular weight excluding hydrogens is 298 g/mol. The van der Waals surface area contributed by atoms with Crippen LogP contribution < -0.4 is 5.32 Å². The third-order valence-corrected chi connectivity index (χ3v) is 4.61. The van der Waals surface area contributed by atoms with Gasteiger partial charge in [-0.05, 0) is 18.9 Å². The van der Waals surface area contributed by atoms with Crippen LogP contribution in [0.2, 0.25) is 5.15 Å². The molecule has 3 rings (SSSR count). The second-order valence-electron chi connectivity index (χ2n) is 5.05. The van der Waals surface area contributed by atoms with Gasteiger partial charge >= 0.3 is 0 Å². The van der Waals surface area contributed by atoms with Crippen LogP contribution in [0.5, 0.6) is 0 Å². The quantitative estimate of drug-likeness (QED) is 0.829. The van der Waals surface area contributed by atoms with Gasteiger partial charge in [0.05, 0.1) is 12.3 Å². The van der Waals surface area contributed by atoms with E-state index in [-0.39, 0.29) is 17.9 Å². The molecule has 7 heteroatoms. The van der Waals surface area contributed by atoms with Crippen molar-refractivity contribution in [3.63, 3.8) is 0 Å². The van der Waals surface area contributed by atoms with E-state index < -0.39 is 0 Å². The highest BCUT2D eigenvalue weighted by molar-refractivity contribution is 7.15. The first-order valence-corrected chi connectivity index (χ1v) is 7.57. The first-order valence-electron chi connectivity index (χ1n) is 6.31. The third kappa shape index (κ3) is 2.59. The van der Waals surface area contributed by atoms with Crippen LogP contribution in [0.15, 0.2) is 17.7 Å². The number of aliphatic hydroxyl groups is 1. The topological polar surface area (TPSA) is 66.6 Å². The van der Waals surface area contributed by atoms with Gasteiger partial charge in [0.15, 0.2) is 10.1 Å². The zero-order valence-electron chi connectivity index (χ0n) is 10.7. The van der Waals surface area contributed by atoms with E-state index in [2.05, 4.69) is 10.3 Å². The van der Waals surface area contributed by atoms with Gasteiger partial charge in [0.2, 0.25) is 5.91 Å². The molecule has 0 bridgehead atoms. The van der Waals surface area contributed by atoms with Crippen LogP contribution in [-0.4, -0.2) is 33.6 Å². The number of hydrogen-bond donors (Lipinski definition) is 2. The number of aromatic nitrogens is 2. The molecule has 0 aromatic carbocycles. The van der Waals surface area contributed by atoms with Crippen molar-refractivity contribution in [3.8, 4) is 0 Å². The smallest absolute Gasteiger partial charge is 0.244 e. The van der Waals surface area contributed by atoms with E-state index in [1.807, 2.05) is 16.0 Å². The molecule has 2 N–H and O–H groups in total. The molecule has 20 heavy (non-hydrogen) atoms. The molecule has 0 radical (unpaired) electrons. The normalized spacial score (nSPS) is 16.9. The molecule has 0 spiro atoms. The summed E-state index contributed by atoms with van der Waals surface area (Å²) < 4.78 is 1.84. The molecule has 2 aromatic heterocycles. The average Bonchev–Trinajstić information content (AvgIpc) is 2.99. The Morgan fingerprint density at radius 1 is 1.65 bits per heavy atom. The van der Waals surface area contributed by atoms with Gasteiger partial charge in [-0.25, -0.2) is 4.98 Å². The van der Waals surface area contributed by atoms with Gasteiger partial charge in [0.25, 0.3) is 0 Å². The number of carbonyl (C=O) groups excluding carboxylic acids is 1. The van der Waals surface area contributed by atoms with E-state index in [9.17, 15) is 9.90 Å². The Kier molecular flexibility index (Phi) is 3.54. The number of carbonyl (C=O) groups is 1. The molecule has 1 aliphatic rings. The Balaban J connectivity index is 1.66. The standard InChI is InChI=1S/C13H14ClN3O2S/c14-11-9(17-5-6-20-12(17)16-11)1-2-10(19)15-7-13(8-18)3-4-13/h1-2,5-6,18H,3-4,7-8H2,(H,15,19)/b2-1+. The molecular formula is C13H14ClN3O2S. The van der Waals surface area contributed by atoms with Crippen molar-refractivity contribution in [2.75, 3.05) is 13.2 Å². The van der Waals surface area contributed by atoms with Crippen LogP contribution >= 0.6 is 22.9 Å². The van der Waals surface area contributed by atoms with Crippen LogP contribution in [0.4, 0.5) is 0 Å². The van der Waals surface area contributed by atoms with Crippen molar-refractivity contribution in [3.05, 3.63) is 28.5 Å². The van der Waals surface area contributed by atoms with Crippen LogP contribution in [0.1, 0.15) is 18.5 Å². The highest BCUT2D eigenvalue weighted by atomic mass is 35.5. The van der Waals surface area contributed by atoms with Crippen LogP contribution in [0.3, 0.4) is 0 Å². The summed E-state index contributed by atoms with van der Waals surface area (Å²) in [6.45, 7) is 0.641. The van der Waals surface area contributed by atoms with Crippen molar-refractivity contribution in [1.29, 1.82) is 0 Å². The molecule has 2 heterocycles. The zero-order valence-corrected chi connectivity index (χ0v) is 12.2. The van der Waals surface area contributed by atoms with E-state index in [0.717, 1.165) is 17.8 Å². The highest BCUT2D eigenvalue weighted by Crippen LogP contribution is 2.44. The highest BCUT2D eigenvalue weighted by Gasteiger charge is 2.41. The Morgan fingerprint density at radius 3 is 3.15 bits per heavy atom. The van der Waals surface area contributed by atoms with Crippen molar-refractivity contribution in [1.82, 2.24) is 14.7 Å². The number of nitrogens with one attached hydrogen (secondary N) is 1. The second-order valence-corrected chi connectivity index (χ2v) is 6.28. The summed E-state index contributed by atoms with van der Waals surface area (Å²) in [6.07, 6.45) is 6.90. The van der Waals surface area contributed by atoms with E-state index in [1.165, 1.54) is 17.4 Å². The van der Waals surface area contributed by atoms with E-state index >= 15 is 0 Å². The predicted octanol–water partition coefficient (Wildman–Crippen LogP) is 1.95. The summed E-state index contributed by atoms with van der Waals surface area (Å²) in [7, 11) is 0. The Hall–Kier alpha value is -1.37. The fourth-order valence-electron chi connectivity index (χ4n) is 1.98. The van der Waals surface area contributed by atoms with E-state index in [4.69, 9.17) is 11.6 Å². The number of amides is 1. The number of aliphatic hydroxyl groups excluding tert-OH is 1. The Labute approximate surface area is 124 Å². The van der Waals surface area contributed by atoms with Crippen LogP contribution in [-0.2, 0) is 4.79 Å². The van der Waals surface area contributed by atoms with Gasteiger partial charge < -0.3 is 10.4 Å². The number of fused-ring (bicyclic) bond motifs is 1. The minimum absolute atomic E-state index is 0.0849. The molecule has 5 nitrogen and oxygen atoms in total. The summed E-state index contributed by atoms with van der Waals surface area (Å²) in [5.74, 6) is -0.189. The number of nitrogens with zero attached hydrogens (tertiary/aromatic N) is 2. The van der Waals surface area contributed by atoms with Crippen LogP contribution in [0.25, 0.3) is 11.0 Å². The SMILES string of the molecule is O=C(/C=C/c1c(Cl)nc2sccn12)NCC1(CO)CC1. The molecule has 0 saturated heterocycles.